The fraction of sp³-hybridized carbons (Fsp3) is 0.412. The second-order valence-corrected chi connectivity index (χ2v) is 12.5. The van der Waals surface area contributed by atoms with Gasteiger partial charge in [0, 0.05) is 62.8 Å². The fourth-order valence-electron chi connectivity index (χ4n) is 7.16. The Kier molecular flexibility index (Phi) is 7.34. The van der Waals surface area contributed by atoms with Gasteiger partial charge >= 0.3 is 5.69 Å². The van der Waals surface area contributed by atoms with Gasteiger partial charge in [-0.3, -0.25) is 23.6 Å². The van der Waals surface area contributed by atoms with E-state index in [1.165, 1.54) is 18.1 Å². The third-order valence-electron chi connectivity index (χ3n) is 9.63. The van der Waals surface area contributed by atoms with Gasteiger partial charge in [0.15, 0.2) is 0 Å². The van der Waals surface area contributed by atoms with E-state index in [9.17, 15) is 14.7 Å². The first-order valence-corrected chi connectivity index (χ1v) is 15.6. The van der Waals surface area contributed by atoms with E-state index < -0.39 is 6.10 Å². The molecule has 3 unspecified atom stereocenters. The number of hydrogen-bond acceptors (Lipinski definition) is 6. The van der Waals surface area contributed by atoms with Gasteiger partial charge in [-0.15, -0.1) is 0 Å². The van der Waals surface area contributed by atoms with E-state index in [1.807, 2.05) is 30.1 Å². The van der Waals surface area contributed by atoms with Crippen LogP contribution < -0.4 is 11.0 Å². The normalized spacial score (nSPS) is 21.6. The maximum Gasteiger partial charge on any atom is 0.333 e. The zero-order valence-electron chi connectivity index (χ0n) is 25.5. The molecule has 0 bridgehead atoms. The predicted octanol–water partition coefficient (Wildman–Crippen LogP) is 3.91. The Morgan fingerprint density at radius 3 is 2.50 bits per heavy atom. The lowest BCUT2D eigenvalue weighted by molar-refractivity contribution is -0.140. The number of carbonyl (C=O) groups excluding carboxylic acids is 1. The van der Waals surface area contributed by atoms with Crippen LogP contribution in [0.15, 0.2) is 65.8 Å². The number of amides is 1. The zero-order valence-corrected chi connectivity index (χ0v) is 25.5. The second-order valence-electron chi connectivity index (χ2n) is 12.5. The number of aryl methyl sites for hydroxylation is 2. The van der Waals surface area contributed by atoms with Crippen LogP contribution in [-0.2, 0) is 18.9 Å². The van der Waals surface area contributed by atoms with E-state index in [0.29, 0.717) is 25.0 Å². The monoisotopic (exact) mass is 593 g/mol. The summed E-state index contributed by atoms with van der Waals surface area (Å²) in [6, 6.07) is 14.9. The minimum Gasteiger partial charge on any atom is -0.384 e. The van der Waals surface area contributed by atoms with Crippen molar-refractivity contribution in [3.63, 3.8) is 0 Å². The lowest BCUT2D eigenvalue weighted by Gasteiger charge is -2.33. The third-order valence-corrected chi connectivity index (χ3v) is 9.63. The Bertz CT molecular complexity index is 1890. The molecule has 3 aromatic heterocycles. The first-order valence-electron chi connectivity index (χ1n) is 15.6. The van der Waals surface area contributed by atoms with Gasteiger partial charge in [0.1, 0.15) is 6.10 Å². The molecule has 2 aromatic carbocycles. The van der Waals surface area contributed by atoms with Crippen LogP contribution in [0.2, 0.25) is 0 Å². The van der Waals surface area contributed by atoms with Crippen LogP contribution in [0.1, 0.15) is 67.2 Å². The number of aliphatic hydroxyl groups is 1. The summed E-state index contributed by atoms with van der Waals surface area (Å²) < 4.78 is 5.32. The minimum absolute atomic E-state index is 0.113. The molecule has 10 heteroatoms. The van der Waals surface area contributed by atoms with Gasteiger partial charge in [-0.1, -0.05) is 18.2 Å². The number of nitrogens with zero attached hydrogens (tertiary/aromatic N) is 6. The molecule has 1 amide bonds. The summed E-state index contributed by atoms with van der Waals surface area (Å²) in [6.45, 7) is 3.67. The molecule has 0 aliphatic carbocycles. The molecule has 0 radical (unpaired) electrons. The van der Waals surface area contributed by atoms with Gasteiger partial charge in [-0.05, 0) is 73.9 Å². The van der Waals surface area contributed by atoms with Crippen LogP contribution in [0.25, 0.3) is 27.6 Å². The number of hydrogen-bond donors (Lipinski definition) is 2. The molecule has 2 fully saturated rings. The lowest BCUT2D eigenvalue weighted by atomic mass is 9.86. The highest BCUT2D eigenvalue weighted by Gasteiger charge is 2.28. The number of piperidine rings is 2. The van der Waals surface area contributed by atoms with Gasteiger partial charge in [0.05, 0.1) is 34.6 Å². The molecule has 2 saturated heterocycles. The smallest absolute Gasteiger partial charge is 0.333 e. The van der Waals surface area contributed by atoms with Gasteiger partial charge < -0.3 is 15.3 Å². The van der Waals surface area contributed by atoms with Crippen molar-refractivity contribution < 1.29 is 9.90 Å². The topological polar surface area (TPSA) is 110 Å². The standard InChI is InChI=1S/C34H39N7O3/c1-21(42)33(43)40-14-4-5-25(20-40)22-6-10-27(11-7-22)41-32-28-15-23(8-13-30(28)36-18-31(32)39(3)34(41)44)24-9-12-29(35-16-24)26-17-37-38(2)19-26/h6-8,10-11,13,15,17-19,21,24-25,29,35,42H,4-5,9,12,14,16,20H2,1-3H3/t21-,24?,25?,29?/m1/s1. The summed E-state index contributed by atoms with van der Waals surface area (Å²) in [4.78, 5) is 32.6. The number of imidazole rings is 1. The first-order chi connectivity index (χ1) is 21.3. The number of likely N-dealkylation sites (tertiary alicyclic amines) is 1. The van der Waals surface area contributed by atoms with E-state index in [-0.39, 0.29) is 17.5 Å². The number of pyridine rings is 1. The molecule has 10 nitrogen and oxygen atoms in total. The van der Waals surface area contributed by atoms with Crippen LogP contribution in [0.4, 0.5) is 0 Å². The van der Waals surface area contributed by atoms with Crippen molar-refractivity contribution in [2.75, 3.05) is 19.6 Å². The second kappa shape index (κ2) is 11.3. The van der Waals surface area contributed by atoms with Crippen LogP contribution in [0.5, 0.6) is 0 Å². The summed E-state index contributed by atoms with van der Waals surface area (Å²) in [7, 11) is 3.75. The number of aliphatic hydroxyl groups excluding tert-OH is 1. The summed E-state index contributed by atoms with van der Waals surface area (Å²) >= 11 is 0. The van der Waals surface area contributed by atoms with E-state index >= 15 is 0 Å². The number of fused-ring (bicyclic) bond motifs is 3. The molecule has 44 heavy (non-hydrogen) atoms. The molecule has 0 saturated carbocycles. The molecule has 228 valence electrons. The molecule has 5 heterocycles. The molecule has 2 N–H and O–H groups in total. The molecule has 7 rings (SSSR count). The number of carbonyl (C=O) groups is 1. The van der Waals surface area contributed by atoms with E-state index in [0.717, 1.165) is 65.4 Å². The number of rotatable bonds is 5. The number of aromatic nitrogens is 5. The Morgan fingerprint density at radius 1 is 1.00 bits per heavy atom. The quantitative estimate of drug-likeness (QED) is 0.320. The van der Waals surface area contributed by atoms with Crippen molar-refractivity contribution in [3.05, 3.63) is 88.2 Å². The Hall–Kier alpha value is -4.28. The predicted molar refractivity (Wildman–Crippen MR) is 170 cm³/mol. The van der Waals surface area contributed by atoms with Gasteiger partial charge in [0.25, 0.3) is 5.91 Å². The zero-order chi connectivity index (χ0) is 30.5. The van der Waals surface area contributed by atoms with Crippen molar-refractivity contribution in [1.29, 1.82) is 0 Å². The molecule has 2 aliphatic heterocycles. The van der Waals surface area contributed by atoms with Crippen LogP contribution in [0.3, 0.4) is 0 Å². The average molecular weight is 594 g/mol. The van der Waals surface area contributed by atoms with E-state index in [2.05, 4.69) is 46.9 Å². The number of benzene rings is 2. The van der Waals surface area contributed by atoms with Gasteiger partial charge in [0.2, 0.25) is 0 Å². The molecule has 2 aliphatic rings. The molecule has 5 aromatic rings. The maximum absolute atomic E-state index is 13.7. The highest BCUT2D eigenvalue weighted by molar-refractivity contribution is 6.03. The average Bonchev–Trinajstić information content (AvgIpc) is 3.60. The van der Waals surface area contributed by atoms with Crippen molar-refractivity contribution in [2.24, 2.45) is 14.1 Å². The van der Waals surface area contributed by atoms with Crippen molar-refractivity contribution >= 4 is 27.8 Å². The highest BCUT2D eigenvalue weighted by Crippen LogP contribution is 2.35. The third kappa shape index (κ3) is 5.01. The largest absolute Gasteiger partial charge is 0.384 e. The van der Waals surface area contributed by atoms with Crippen LogP contribution in [0, 0.1) is 0 Å². The Balaban J connectivity index is 1.20. The molecular weight excluding hydrogens is 554 g/mol. The highest BCUT2D eigenvalue weighted by atomic mass is 16.3. The Labute approximate surface area is 255 Å². The van der Waals surface area contributed by atoms with E-state index in [4.69, 9.17) is 4.98 Å². The summed E-state index contributed by atoms with van der Waals surface area (Å²) in [5.41, 5.74) is 6.81. The maximum atomic E-state index is 13.7. The van der Waals surface area contributed by atoms with Gasteiger partial charge in [-0.2, -0.15) is 5.10 Å². The minimum atomic E-state index is -0.989. The first kappa shape index (κ1) is 28.5. The van der Waals surface area contributed by atoms with Crippen LogP contribution in [-0.4, -0.2) is 65.6 Å². The number of nitrogens with one attached hydrogen (secondary N) is 1. The van der Waals surface area contributed by atoms with Gasteiger partial charge in [-0.25, -0.2) is 4.79 Å². The van der Waals surface area contributed by atoms with Crippen molar-refractivity contribution in [1.82, 2.24) is 34.1 Å². The summed E-state index contributed by atoms with van der Waals surface area (Å²) in [6.07, 6.45) is 8.81. The summed E-state index contributed by atoms with van der Waals surface area (Å²) in [5, 5.41) is 18.8. The van der Waals surface area contributed by atoms with Crippen LogP contribution >= 0.6 is 0 Å². The molecule has 4 atom stereocenters. The fourth-order valence-corrected chi connectivity index (χ4v) is 7.16. The lowest BCUT2D eigenvalue weighted by Crippen LogP contribution is -2.43. The molecular formula is C34H39N7O3. The Morgan fingerprint density at radius 2 is 1.80 bits per heavy atom. The van der Waals surface area contributed by atoms with E-state index in [1.54, 1.807) is 27.3 Å². The molecule has 0 spiro atoms. The van der Waals surface area contributed by atoms with Crippen molar-refractivity contribution in [3.8, 4) is 5.69 Å². The SMILES string of the molecule is C[C@@H](O)C(=O)N1CCCC(c2ccc(-n3c(=O)n(C)c4cnc5ccc(C6CCC(c7cnn(C)c7)NC6)cc5c43)cc2)C1. The summed E-state index contributed by atoms with van der Waals surface area (Å²) in [5.74, 6) is 0.339. The van der Waals surface area contributed by atoms with Crippen molar-refractivity contribution in [2.45, 2.75) is 56.6 Å².